The molecule has 6 nitrogen and oxygen atoms in total. The first kappa shape index (κ1) is 19.2. The number of alkyl halides is 3. The summed E-state index contributed by atoms with van der Waals surface area (Å²) >= 11 is 0. The number of rotatable bonds is 5. The molecule has 9 heteroatoms. The molecular formula is C18H20F3N3O3. The highest BCUT2D eigenvalue weighted by molar-refractivity contribution is 6.09. The summed E-state index contributed by atoms with van der Waals surface area (Å²) < 4.78 is 41.2. The standard InChI is InChI=1S/C18H20F3N3O3/c19-18(20,21)17(22-14(25)11-10-12-6-2-1-3-7-12)15(26)24(16(27)23-17)13-8-4-5-9-13/h1-3,6-7,13H,4-5,8-11H2,(H,22,25)(H,23,27)/t17-/m0/s1. The van der Waals surface area contributed by atoms with Gasteiger partial charge in [-0.25, -0.2) is 4.79 Å². The van der Waals surface area contributed by atoms with Crippen LogP contribution in [0.15, 0.2) is 30.3 Å². The van der Waals surface area contributed by atoms with Gasteiger partial charge in [0.05, 0.1) is 0 Å². The monoisotopic (exact) mass is 383 g/mol. The third-order valence-electron chi connectivity index (χ3n) is 4.98. The number of carbonyl (C=O) groups is 3. The second-order valence-electron chi connectivity index (χ2n) is 6.83. The van der Waals surface area contributed by atoms with Gasteiger partial charge < -0.3 is 5.32 Å². The van der Waals surface area contributed by atoms with Crippen molar-refractivity contribution in [3.05, 3.63) is 35.9 Å². The number of carbonyl (C=O) groups excluding carboxylic acids is 3. The van der Waals surface area contributed by atoms with Crippen LogP contribution in [0.5, 0.6) is 0 Å². The number of urea groups is 1. The molecular weight excluding hydrogens is 363 g/mol. The number of hydrogen-bond acceptors (Lipinski definition) is 3. The van der Waals surface area contributed by atoms with E-state index in [-0.39, 0.29) is 12.8 Å². The molecule has 0 unspecified atom stereocenters. The number of halogens is 3. The van der Waals surface area contributed by atoms with Crippen LogP contribution in [-0.4, -0.2) is 40.6 Å². The minimum absolute atomic E-state index is 0.217. The van der Waals surface area contributed by atoms with Gasteiger partial charge in [-0.2, -0.15) is 13.2 Å². The Morgan fingerprint density at radius 1 is 1.19 bits per heavy atom. The molecule has 0 radical (unpaired) electrons. The van der Waals surface area contributed by atoms with E-state index < -0.39 is 35.7 Å². The Morgan fingerprint density at radius 2 is 1.81 bits per heavy atom. The first-order chi connectivity index (χ1) is 12.7. The van der Waals surface area contributed by atoms with E-state index in [1.165, 1.54) is 0 Å². The third-order valence-corrected chi connectivity index (χ3v) is 4.98. The zero-order valence-electron chi connectivity index (χ0n) is 14.5. The fraction of sp³-hybridized carbons (Fsp3) is 0.500. The van der Waals surface area contributed by atoms with Crippen LogP contribution in [-0.2, 0) is 16.0 Å². The highest BCUT2D eigenvalue weighted by atomic mass is 19.4. The highest BCUT2D eigenvalue weighted by Crippen LogP contribution is 2.37. The Morgan fingerprint density at radius 3 is 2.41 bits per heavy atom. The van der Waals surface area contributed by atoms with Crippen molar-refractivity contribution >= 4 is 17.8 Å². The number of amides is 4. The van der Waals surface area contributed by atoms with Gasteiger partial charge in [-0.05, 0) is 24.8 Å². The summed E-state index contributed by atoms with van der Waals surface area (Å²) in [5.41, 5.74) is -2.62. The van der Waals surface area contributed by atoms with Crippen LogP contribution in [0.25, 0.3) is 0 Å². The van der Waals surface area contributed by atoms with Crippen LogP contribution in [0.1, 0.15) is 37.7 Å². The molecule has 146 valence electrons. The fourth-order valence-corrected chi connectivity index (χ4v) is 3.56. The minimum atomic E-state index is -5.16. The molecule has 1 saturated heterocycles. The number of imide groups is 1. The molecule has 3 rings (SSSR count). The van der Waals surface area contributed by atoms with E-state index in [1.807, 2.05) is 0 Å². The zero-order chi connectivity index (χ0) is 19.7. The van der Waals surface area contributed by atoms with E-state index in [9.17, 15) is 27.6 Å². The van der Waals surface area contributed by atoms with Crippen LogP contribution in [0, 0.1) is 0 Å². The second-order valence-corrected chi connectivity index (χ2v) is 6.83. The summed E-state index contributed by atoms with van der Waals surface area (Å²) in [6, 6.07) is 7.10. The zero-order valence-corrected chi connectivity index (χ0v) is 14.5. The maximum Gasteiger partial charge on any atom is 0.440 e. The van der Waals surface area contributed by atoms with Crippen molar-refractivity contribution in [3.63, 3.8) is 0 Å². The van der Waals surface area contributed by atoms with Crippen molar-refractivity contribution in [2.45, 2.75) is 56.4 Å². The molecule has 2 N–H and O–H groups in total. The number of nitrogens with zero attached hydrogens (tertiary/aromatic N) is 1. The SMILES string of the molecule is O=C(CCc1ccccc1)N[C@]1(C(F)(F)F)NC(=O)N(C2CCCC2)C1=O. The minimum Gasteiger partial charge on any atom is -0.318 e. The van der Waals surface area contributed by atoms with Crippen molar-refractivity contribution in [1.29, 1.82) is 0 Å². The Bertz CT molecular complexity index is 732. The van der Waals surface area contributed by atoms with Crippen molar-refractivity contribution in [3.8, 4) is 0 Å². The molecule has 1 aromatic rings. The average molecular weight is 383 g/mol. The molecule has 1 aromatic carbocycles. The number of benzene rings is 1. The third kappa shape index (κ3) is 3.63. The highest BCUT2D eigenvalue weighted by Gasteiger charge is 2.69. The first-order valence-electron chi connectivity index (χ1n) is 8.82. The molecule has 2 aliphatic rings. The molecule has 1 saturated carbocycles. The van der Waals surface area contributed by atoms with Gasteiger partial charge in [0, 0.05) is 12.5 Å². The van der Waals surface area contributed by atoms with Crippen LogP contribution in [0.4, 0.5) is 18.0 Å². The summed E-state index contributed by atoms with van der Waals surface area (Å²) in [4.78, 5) is 37.5. The molecule has 0 spiro atoms. The smallest absolute Gasteiger partial charge is 0.318 e. The molecule has 0 bridgehead atoms. The van der Waals surface area contributed by atoms with Gasteiger partial charge >= 0.3 is 12.2 Å². The molecule has 1 aliphatic heterocycles. The second kappa shape index (κ2) is 7.21. The lowest BCUT2D eigenvalue weighted by atomic mass is 10.1. The Labute approximate surface area is 154 Å². The van der Waals surface area contributed by atoms with E-state index in [1.54, 1.807) is 41.0 Å². The molecule has 4 amide bonds. The van der Waals surface area contributed by atoms with E-state index in [0.29, 0.717) is 17.7 Å². The van der Waals surface area contributed by atoms with Crippen molar-refractivity contribution in [2.75, 3.05) is 0 Å². The summed E-state index contributed by atoms with van der Waals surface area (Å²) in [6.07, 6.45) is -2.77. The van der Waals surface area contributed by atoms with Crippen LogP contribution >= 0.6 is 0 Å². The maximum atomic E-state index is 13.7. The van der Waals surface area contributed by atoms with Crippen LogP contribution in [0.3, 0.4) is 0 Å². The molecule has 2 fully saturated rings. The Balaban J connectivity index is 1.76. The van der Waals surface area contributed by atoms with Gasteiger partial charge in [-0.3, -0.25) is 19.8 Å². The van der Waals surface area contributed by atoms with Crippen molar-refractivity contribution in [1.82, 2.24) is 15.5 Å². The normalized spacial score (nSPS) is 23.6. The van der Waals surface area contributed by atoms with E-state index >= 15 is 0 Å². The summed E-state index contributed by atoms with van der Waals surface area (Å²) in [7, 11) is 0. The van der Waals surface area contributed by atoms with E-state index in [2.05, 4.69) is 0 Å². The first-order valence-corrected chi connectivity index (χ1v) is 8.82. The largest absolute Gasteiger partial charge is 0.440 e. The van der Waals surface area contributed by atoms with Gasteiger partial charge in [0.15, 0.2) is 0 Å². The Kier molecular flexibility index (Phi) is 5.12. The summed E-state index contributed by atoms with van der Waals surface area (Å²) in [5, 5.41) is 3.44. The van der Waals surface area contributed by atoms with Gasteiger partial charge in [0.25, 0.3) is 11.6 Å². The summed E-state index contributed by atoms with van der Waals surface area (Å²) in [5.74, 6) is -2.42. The lowest BCUT2D eigenvalue weighted by Gasteiger charge is -2.30. The summed E-state index contributed by atoms with van der Waals surface area (Å²) in [6.45, 7) is 0. The van der Waals surface area contributed by atoms with E-state index in [4.69, 9.17) is 0 Å². The lowest BCUT2D eigenvalue weighted by molar-refractivity contribution is -0.204. The van der Waals surface area contributed by atoms with E-state index in [0.717, 1.165) is 18.4 Å². The van der Waals surface area contributed by atoms with Gasteiger partial charge in [0.1, 0.15) is 0 Å². The quantitative estimate of drug-likeness (QED) is 0.767. The Hall–Kier alpha value is -2.58. The molecule has 27 heavy (non-hydrogen) atoms. The predicted octanol–water partition coefficient (Wildman–Crippen LogP) is 2.49. The van der Waals surface area contributed by atoms with Crippen LogP contribution < -0.4 is 10.6 Å². The van der Waals surface area contributed by atoms with Crippen molar-refractivity contribution < 1.29 is 27.6 Å². The molecule has 0 aromatic heterocycles. The van der Waals surface area contributed by atoms with Gasteiger partial charge in [-0.15, -0.1) is 0 Å². The maximum absolute atomic E-state index is 13.7. The number of aryl methyl sites for hydroxylation is 1. The molecule has 1 atom stereocenters. The molecule has 1 aliphatic carbocycles. The van der Waals surface area contributed by atoms with Crippen LogP contribution in [0.2, 0.25) is 0 Å². The lowest BCUT2D eigenvalue weighted by Crippen LogP contribution is -2.69. The average Bonchev–Trinajstić information content (AvgIpc) is 3.21. The fourth-order valence-electron chi connectivity index (χ4n) is 3.56. The van der Waals surface area contributed by atoms with Crippen molar-refractivity contribution in [2.24, 2.45) is 0 Å². The topological polar surface area (TPSA) is 78.5 Å². The number of hydrogen-bond donors (Lipinski definition) is 2. The molecule has 1 heterocycles. The van der Waals surface area contributed by atoms with Gasteiger partial charge in [-0.1, -0.05) is 43.2 Å². The number of nitrogens with one attached hydrogen (secondary N) is 2. The van der Waals surface area contributed by atoms with Gasteiger partial charge in [0.2, 0.25) is 5.91 Å². The predicted molar refractivity (Wildman–Crippen MR) is 89.3 cm³/mol.